The highest BCUT2D eigenvalue weighted by atomic mass is 16.1. The second-order valence-electron chi connectivity index (χ2n) is 5.03. The molecule has 0 aromatic carbocycles. The van der Waals surface area contributed by atoms with Gasteiger partial charge in [0, 0.05) is 25.1 Å². The minimum absolute atomic E-state index is 0.322. The molecule has 1 atom stereocenters. The summed E-state index contributed by atoms with van der Waals surface area (Å²) in [6, 6.07) is 6.02. The van der Waals surface area contributed by atoms with Crippen molar-refractivity contribution >= 4 is 5.78 Å². The molecule has 1 aliphatic carbocycles. The van der Waals surface area contributed by atoms with E-state index in [9.17, 15) is 4.79 Å². The fourth-order valence-electron chi connectivity index (χ4n) is 2.60. The van der Waals surface area contributed by atoms with Crippen molar-refractivity contribution in [2.24, 2.45) is 5.92 Å². The highest BCUT2D eigenvalue weighted by Crippen LogP contribution is 2.24. The van der Waals surface area contributed by atoms with Gasteiger partial charge in [-0.05, 0) is 44.5 Å². The Morgan fingerprint density at radius 2 is 2.33 bits per heavy atom. The molecule has 1 unspecified atom stereocenters. The Kier molecular flexibility index (Phi) is 4.88. The van der Waals surface area contributed by atoms with Crippen molar-refractivity contribution in [3.63, 3.8) is 0 Å². The number of hydrogen-bond donors (Lipinski definition) is 0. The molecular weight excluding hydrogens is 224 g/mol. The van der Waals surface area contributed by atoms with Crippen molar-refractivity contribution < 1.29 is 4.79 Å². The van der Waals surface area contributed by atoms with Gasteiger partial charge < -0.3 is 0 Å². The van der Waals surface area contributed by atoms with Crippen molar-refractivity contribution in [3.8, 4) is 0 Å². The van der Waals surface area contributed by atoms with Crippen molar-refractivity contribution in [3.05, 3.63) is 30.1 Å². The van der Waals surface area contributed by atoms with Crippen LogP contribution in [0.3, 0.4) is 0 Å². The van der Waals surface area contributed by atoms with E-state index in [4.69, 9.17) is 0 Å². The van der Waals surface area contributed by atoms with Gasteiger partial charge in [-0.15, -0.1) is 0 Å². The number of carbonyl (C=O) groups excluding carboxylic acids is 1. The van der Waals surface area contributed by atoms with E-state index in [2.05, 4.69) is 22.9 Å². The summed E-state index contributed by atoms with van der Waals surface area (Å²) in [6.45, 7) is 5.07. The molecule has 0 aliphatic heterocycles. The Balaban J connectivity index is 1.80. The van der Waals surface area contributed by atoms with Crippen LogP contribution < -0.4 is 0 Å². The second-order valence-corrected chi connectivity index (χ2v) is 5.03. The fourth-order valence-corrected chi connectivity index (χ4v) is 2.60. The molecule has 0 radical (unpaired) electrons. The third-order valence-corrected chi connectivity index (χ3v) is 3.78. The Morgan fingerprint density at radius 1 is 1.44 bits per heavy atom. The molecule has 0 bridgehead atoms. The Bertz CT molecular complexity index is 377. The van der Waals surface area contributed by atoms with Crippen LogP contribution in [0.15, 0.2) is 24.4 Å². The molecule has 3 nitrogen and oxygen atoms in total. The van der Waals surface area contributed by atoms with E-state index in [1.807, 2.05) is 18.3 Å². The molecule has 1 aromatic heterocycles. The van der Waals surface area contributed by atoms with Crippen LogP contribution >= 0.6 is 0 Å². The number of rotatable bonds is 6. The van der Waals surface area contributed by atoms with Crippen molar-refractivity contribution in [1.82, 2.24) is 9.88 Å². The molecule has 1 heterocycles. The number of ketones is 1. The van der Waals surface area contributed by atoms with E-state index in [1.54, 1.807) is 0 Å². The predicted molar refractivity (Wildman–Crippen MR) is 72.2 cm³/mol. The third-order valence-electron chi connectivity index (χ3n) is 3.78. The normalized spacial score (nSPS) is 19.7. The van der Waals surface area contributed by atoms with Gasteiger partial charge >= 0.3 is 0 Å². The summed E-state index contributed by atoms with van der Waals surface area (Å²) in [5.41, 5.74) is 1.11. The smallest absolute Gasteiger partial charge is 0.136 e. The summed E-state index contributed by atoms with van der Waals surface area (Å²) in [7, 11) is 0. The average Bonchev–Trinajstić information content (AvgIpc) is 2.81. The zero-order valence-electron chi connectivity index (χ0n) is 11.1. The molecule has 98 valence electrons. The summed E-state index contributed by atoms with van der Waals surface area (Å²) in [4.78, 5) is 18.3. The van der Waals surface area contributed by atoms with Crippen LogP contribution in [0.1, 0.15) is 38.3 Å². The molecule has 0 N–H and O–H groups in total. The van der Waals surface area contributed by atoms with Crippen LogP contribution in [0.4, 0.5) is 0 Å². The molecule has 1 saturated carbocycles. The number of Topliss-reactive ketones (excluding diaryl/α,β-unsaturated/α-hetero) is 1. The van der Waals surface area contributed by atoms with E-state index < -0.39 is 0 Å². The third kappa shape index (κ3) is 3.64. The zero-order chi connectivity index (χ0) is 12.8. The minimum atomic E-state index is 0.322. The summed E-state index contributed by atoms with van der Waals surface area (Å²) >= 11 is 0. The van der Waals surface area contributed by atoms with Gasteiger partial charge in [-0.2, -0.15) is 0 Å². The van der Waals surface area contributed by atoms with Crippen LogP contribution in [-0.2, 0) is 11.3 Å². The zero-order valence-corrected chi connectivity index (χ0v) is 11.1. The van der Waals surface area contributed by atoms with Crippen molar-refractivity contribution in [1.29, 1.82) is 0 Å². The maximum absolute atomic E-state index is 11.6. The maximum atomic E-state index is 11.6. The van der Waals surface area contributed by atoms with Gasteiger partial charge in [0.1, 0.15) is 5.78 Å². The van der Waals surface area contributed by atoms with Crippen molar-refractivity contribution in [2.45, 2.75) is 39.2 Å². The first-order chi connectivity index (χ1) is 8.79. The van der Waals surface area contributed by atoms with Gasteiger partial charge in [-0.25, -0.2) is 0 Å². The first kappa shape index (κ1) is 13.2. The molecule has 0 saturated heterocycles. The monoisotopic (exact) mass is 246 g/mol. The largest absolute Gasteiger partial charge is 0.299 e. The van der Waals surface area contributed by atoms with E-state index in [1.165, 1.54) is 0 Å². The second kappa shape index (κ2) is 6.64. The molecular formula is C15H22N2O. The number of hydrogen-bond acceptors (Lipinski definition) is 3. The lowest BCUT2D eigenvalue weighted by Gasteiger charge is -2.21. The minimum Gasteiger partial charge on any atom is -0.299 e. The van der Waals surface area contributed by atoms with Crippen LogP contribution in [0.2, 0.25) is 0 Å². The Hall–Kier alpha value is -1.22. The lowest BCUT2D eigenvalue weighted by molar-refractivity contribution is -0.120. The molecule has 0 amide bonds. The summed E-state index contributed by atoms with van der Waals surface area (Å²) < 4.78 is 0. The summed E-state index contributed by atoms with van der Waals surface area (Å²) in [6.07, 6.45) is 5.84. The van der Waals surface area contributed by atoms with E-state index in [-0.39, 0.29) is 0 Å². The van der Waals surface area contributed by atoms with Gasteiger partial charge in [0.25, 0.3) is 0 Å². The molecule has 1 fully saturated rings. The quantitative estimate of drug-likeness (QED) is 0.773. The number of nitrogens with zero attached hydrogens (tertiary/aromatic N) is 2. The van der Waals surface area contributed by atoms with E-state index >= 15 is 0 Å². The van der Waals surface area contributed by atoms with Gasteiger partial charge in [0.2, 0.25) is 0 Å². The fraction of sp³-hybridized carbons (Fsp3) is 0.600. The van der Waals surface area contributed by atoms with Gasteiger partial charge in [0.05, 0.1) is 5.69 Å². The molecule has 2 rings (SSSR count). The standard InChI is InChI=1S/C15H22N2O/c1-2-17(12-14-7-3-4-10-16-14)11-9-13-6-5-8-15(13)18/h3-4,7,10,13H,2,5-6,8-9,11-12H2,1H3. The molecule has 18 heavy (non-hydrogen) atoms. The SMILES string of the molecule is CCN(CCC1CCCC1=O)Cc1ccccn1. The van der Waals surface area contributed by atoms with Crippen LogP contribution in [-0.4, -0.2) is 28.8 Å². The first-order valence-electron chi connectivity index (χ1n) is 6.94. The first-order valence-corrected chi connectivity index (χ1v) is 6.94. The number of aromatic nitrogens is 1. The maximum Gasteiger partial charge on any atom is 0.136 e. The molecule has 1 aromatic rings. The summed E-state index contributed by atoms with van der Waals surface area (Å²) in [5, 5.41) is 0. The summed E-state index contributed by atoms with van der Waals surface area (Å²) in [5.74, 6) is 0.798. The number of carbonyl (C=O) groups is 1. The topological polar surface area (TPSA) is 33.2 Å². The predicted octanol–water partition coefficient (Wildman–Crippen LogP) is 2.66. The molecule has 0 spiro atoms. The van der Waals surface area contributed by atoms with Crippen LogP contribution in [0.25, 0.3) is 0 Å². The van der Waals surface area contributed by atoms with E-state index in [0.717, 1.165) is 51.0 Å². The van der Waals surface area contributed by atoms with Gasteiger partial charge in [-0.3, -0.25) is 14.7 Å². The van der Waals surface area contributed by atoms with Gasteiger partial charge in [0.15, 0.2) is 0 Å². The number of pyridine rings is 1. The lowest BCUT2D eigenvalue weighted by atomic mass is 10.0. The highest BCUT2D eigenvalue weighted by Gasteiger charge is 2.24. The Morgan fingerprint density at radius 3 is 2.94 bits per heavy atom. The highest BCUT2D eigenvalue weighted by molar-refractivity contribution is 5.82. The average molecular weight is 246 g/mol. The van der Waals surface area contributed by atoms with Crippen LogP contribution in [0.5, 0.6) is 0 Å². The Labute approximate surface area is 109 Å². The molecule has 1 aliphatic rings. The van der Waals surface area contributed by atoms with Gasteiger partial charge in [-0.1, -0.05) is 13.0 Å². The van der Waals surface area contributed by atoms with Crippen LogP contribution in [0, 0.1) is 5.92 Å². The lowest BCUT2D eigenvalue weighted by Crippen LogP contribution is -2.26. The molecule has 3 heteroatoms. The van der Waals surface area contributed by atoms with Crippen molar-refractivity contribution in [2.75, 3.05) is 13.1 Å². The van der Waals surface area contributed by atoms with E-state index in [0.29, 0.717) is 11.7 Å².